The zero-order valence-electron chi connectivity index (χ0n) is 11.8. The molecule has 8 heteroatoms. The van der Waals surface area contributed by atoms with E-state index < -0.39 is 0 Å². The molecule has 0 radical (unpaired) electrons. The Labute approximate surface area is 130 Å². The van der Waals surface area contributed by atoms with Gasteiger partial charge < -0.3 is 10.6 Å². The second kappa shape index (κ2) is 5.69. The summed E-state index contributed by atoms with van der Waals surface area (Å²) in [5.74, 6) is 0.311. The summed E-state index contributed by atoms with van der Waals surface area (Å²) in [6.45, 7) is 4.83. The highest BCUT2D eigenvalue weighted by Gasteiger charge is 2.27. The fourth-order valence-corrected chi connectivity index (χ4v) is 2.73. The minimum Gasteiger partial charge on any atom is -0.349 e. The van der Waals surface area contributed by atoms with Gasteiger partial charge in [0.25, 0.3) is 11.7 Å². The Morgan fingerprint density at radius 1 is 1.52 bits per heavy atom. The summed E-state index contributed by atoms with van der Waals surface area (Å²) >= 11 is 3.31. The third-order valence-electron chi connectivity index (χ3n) is 3.85. The molecule has 0 bridgehead atoms. The number of nitrogens with one attached hydrogen (secondary N) is 2. The number of halogens is 1. The van der Waals surface area contributed by atoms with E-state index >= 15 is 0 Å². The number of hydrogen-bond acceptors (Lipinski definition) is 5. The molecule has 1 aliphatic rings. The number of carbonyl (C=O) groups excluding carboxylic acids is 1. The fraction of sp³-hybridized carbons (Fsp3) is 0.538. The van der Waals surface area contributed by atoms with Crippen molar-refractivity contribution in [3.05, 3.63) is 22.7 Å². The van der Waals surface area contributed by atoms with Gasteiger partial charge in [0.2, 0.25) is 5.82 Å². The molecule has 1 amide bonds. The number of fused-ring (bicyclic) bond motifs is 1. The van der Waals surface area contributed by atoms with Gasteiger partial charge in [0.15, 0.2) is 0 Å². The third kappa shape index (κ3) is 3.21. The molecule has 0 saturated carbocycles. The maximum atomic E-state index is 12.2. The molecule has 2 aromatic rings. The van der Waals surface area contributed by atoms with E-state index in [1.165, 1.54) is 4.52 Å². The predicted molar refractivity (Wildman–Crippen MR) is 81.0 cm³/mol. The van der Waals surface area contributed by atoms with Crippen LogP contribution in [0.4, 0.5) is 0 Å². The first-order valence-corrected chi connectivity index (χ1v) is 7.72. The average Bonchev–Trinajstić information content (AvgIpc) is 2.88. The molecular weight excluding hydrogens is 336 g/mol. The van der Waals surface area contributed by atoms with Crippen molar-refractivity contribution in [2.24, 2.45) is 5.41 Å². The summed E-state index contributed by atoms with van der Waals surface area (Å²) in [6, 6.07) is 0. The van der Waals surface area contributed by atoms with Gasteiger partial charge in [0, 0.05) is 18.9 Å². The summed E-state index contributed by atoms with van der Waals surface area (Å²) in [6.07, 6.45) is 5.46. The monoisotopic (exact) mass is 352 g/mol. The van der Waals surface area contributed by atoms with E-state index in [1.807, 2.05) is 0 Å². The van der Waals surface area contributed by atoms with Crippen LogP contribution < -0.4 is 10.6 Å². The van der Waals surface area contributed by atoms with Crippen molar-refractivity contribution in [1.29, 1.82) is 0 Å². The molecule has 0 spiro atoms. The van der Waals surface area contributed by atoms with Crippen molar-refractivity contribution in [3.63, 3.8) is 0 Å². The van der Waals surface area contributed by atoms with E-state index in [-0.39, 0.29) is 17.1 Å². The zero-order chi connectivity index (χ0) is 14.9. The molecule has 21 heavy (non-hydrogen) atoms. The van der Waals surface area contributed by atoms with Gasteiger partial charge in [-0.05, 0) is 47.3 Å². The van der Waals surface area contributed by atoms with Gasteiger partial charge in [-0.2, -0.15) is 4.98 Å². The summed E-state index contributed by atoms with van der Waals surface area (Å²) in [5.41, 5.74) is 0.140. The van der Waals surface area contributed by atoms with Crippen LogP contribution in [0.15, 0.2) is 16.9 Å². The van der Waals surface area contributed by atoms with E-state index in [0.717, 1.165) is 30.4 Å². The Morgan fingerprint density at radius 3 is 3.05 bits per heavy atom. The lowest BCUT2D eigenvalue weighted by Crippen LogP contribution is -2.43. The molecule has 0 aromatic carbocycles. The normalized spacial score (nSPS) is 17.8. The van der Waals surface area contributed by atoms with Crippen molar-refractivity contribution in [3.8, 4) is 0 Å². The van der Waals surface area contributed by atoms with E-state index in [0.29, 0.717) is 12.3 Å². The first-order chi connectivity index (χ1) is 10.1. The maximum Gasteiger partial charge on any atom is 0.291 e. The smallest absolute Gasteiger partial charge is 0.291 e. The predicted octanol–water partition coefficient (Wildman–Crippen LogP) is 1.01. The zero-order valence-corrected chi connectivity index (χ0v) is 13.4. The molecule has 1 aliphatic heterocycles. The Kier molecular flexibility index (Phi) is 3.90. The van der Waals surface area contributed by atoms with Gasteiger partial charge in [-0.15, -0.1) is 5.10 Å². The first-order valence-electron chi connectivity index (χ1n) is 6.93. The molecule has 3 heterocycles. The largest absolute Gasteiger partial charge is 0.349 e. The third-order valence-corrected chi connectivity index (χ3v) is 4.26. The van der Waals surface area contributed by atoms with Gasteiger partial charge in [-0.1, -0.05) is 6.92 Å². The standard InChI is InChI=1S/C13H17BrN6O/c1-13(2-4-15-5-3-13)8-17-11(21)10-18-12-16-6-9(14)7-20(12)19-10/h6-7,15H,2-5,8H2,1H3,(H,17,21). The minimum atomic E-state index is -0.253. The van der Waals surface area contributed by atoms with Crippen LogP contribution in [0.5, 0.6) is 0 Å². The second-order valence-electron chi connectivity index (χ2n) is 5.70. The summed E-state index contributed by atoms with van der Waals surface area (Å²) in [4.78, 5) is 20.4. The van der Waals surface area contributed by atoms with Crippen LogP contribution >= 0.6 is 15.9 Å². The molecule has 1 fully saturated rings. The second-order valence-corrected chi connectivity index (χ2v) is 6.61. The molecule has 3 rings (SSSR count). The number of aromatic nitrogens is 4. The van der Waals surface area contributed by atoms with Gasteiger partial charge >= 0.3 is 0 Å². The van der Waals surface area contributed by atoms with E-state index in [4.69, 9.17) is 0 Å². The van der Waals surface area contributed by atoms with Crippen LogP contribution in [0.25, 0.3) is 5.78 Å². The van der Waals surface area contributed by atoms with Gasteiger partial charge in [-0.25, -0.2) is 9.50 Å². The van der Waals surface area contributed by atoms with Crippen LogP contribution in [-0.2, 0) is 0 Å². The lowest BCUT2D eigenvalue weighted by molar-refractivity contribution is 0.0912. The summed E-state index contributed by atoms with van der Waals surface area (Å²) in [5, 5.41) is 10.4. The van der Waals surface area contributed by atoms with Gasteiger partial charge in [0.05, 0.1) is 4.47 Å². The molecule has 1 saturated heterocycles. The van der Waals surface area contributed by atoms with Crippen LogP contribution in [0.3, 0.4) is 0 Å². The quantitative estimate of drug-likeness (QED) is 0.860. The van der Waals surface area contributed by atoms with Crippen LogP contribution in [0.1, 0.15) is 30.4 Å². The molecule has 112 valence electrons. The van der Waals surface area contributed by atoms with Crippen LogP contribution in [-0.4, -0.2) is 45.1 Å². The van der Waals surface area contributed by atoms with Crippen molar-refractivity contribution in [1.82, 2.24) is 30.2 Å². The Bertz CT molecular complexity index is 664. The lowest BCUT2D eigenvalue weighted by atomic mass is 9.81. The topological polar surface area (TPSA) is 84.2 Å². The fourth-order valence-electron chi connectivity index (χ4n) is 2.44. The van der Waals surface area contributed by atoms with Crippen LogP contribution in [0, 0.1) is 5.41 Å². The number of rotatable bonds is 3. The van der Waals surface area contributed by atoms with E-state index in [2.05, 4.69) is 48.6 Å². The van der Waals surface area contributed by atoms with Crippen LogP contribution in [0.2, 0.25) is 0 Å². The van der Waals surface area contributed by atoms with E-state index in [9.17, 15) is 4.79 Å². The lowest BCUT2D eigenvalue weighted by Gasteiger charge is -2.33. The van der Waals surface area contributed by atoms with E-state index in [1.54, 1.807) is 12.4 Å². The number of piperidine rings is 1. The van der Waals surface area contributed by atoms with Crippen molar-refractivity contribution in [2.45, 2.75) is 19.8 Å². The highest BCUT2D eigenvalue weighted by Crippen LogP contribution is 2.26. The molecule has 2 aromatic heterocycles. The highest BCUT2D eigenvalue weighted by atomic mass is 79.9. The summed E-state index contributed by atoms with van der Waals surface area (Å²) in [7, 11) is 0. The Hall–Kier alpha value is -1.54. The first kappa shape index (κ1) is 14.4. The number of carbonyl (C=O) groups is 1. The maximum absolute atomic E-state index is 12.2. The Morgan fingerprint density at radius 2 is 2.29 bits per heavy atom. The average molecular weight is 353 g/mol. The Balaban J connectivity index is 1.69. The molecule has 0 atom stereocenters. The molecular formula is C13H17BrN6O. The van der Waals surface area contributed by atoms with Gasteiger partial charge in [0.1, 0.15) is 0 Å². The molecule has 2 N–H and O–H groups in total. The molecule has 7 nitrogen and oxygen atoms in total. The minimum absolute atomic E-state index is 0.140. The highest BCUT2D eigenvalue weighted by molar-refractivity contribution is 9.10. The molecule has 0 aliphatic carbocycles. The SMILES string of the molecule is CC1(CNC(=O)c2nc3ncc(Br)cn3n2)CCNCC1. The van der Waals surface area contributed by atoms with Crippen molar-refractivity contribution < 1.29 is 4.79 Å². The van der Waals surface area contributed by atoms with Crippen molar-refractivity contribution >= 4 is 27.6 Å². The molecule has 0 unspecified atom stereocenters. The number of amides is 1. The number of nitrogens with zero attached hydrogens (tertiary/aromatic N) is 4. The summed E-state index contributed by atoms with van der Waals surface area (Å²) < 4.78 is 2.28. The van der Waals surface area contributed by atoms with Gasteiger partial charge in [-0.3, -0.25) is 4.79 Å². The van der Waals surface area contributed by atoms with Crippen molar-refractivity contribution in [2.75, 3.05) is 19.6 Å². The number of hydrogen-bond donors (Lipinski definition) is 2.